The number of nitrogens with zero attached hydrogens (tertiary/aromatic N) is 2. The number of hydroxylamine groups is 2. The molecule has 0 aromatic rings. The summed E-state index contributed by atoms with van der Waals surface area (Å²) in [6.45, 7) is 7.25. The number of phosphoric ester groups is 1. The summed E-state index contributed by atoms with van der Waals surface area (Å²) in [6.07, 6.45) is 0.0528. The van der Waals surface area contributed by atoms with Crippen molar-refractivity contribution in [2.24, 2.45) is 0 Å². The average Bonchev–Trinajstić information content (AvgIpc) is 2.13. The van der Waals surface area contributed by atoms with E-state index in [1.165, 1.54) is 5.06 Å². The van der Waals surface area contributed by atoms with Crippen LogP contribution in [0.5, 0.6) is 0 Å². The van der Waals surface area contributed by atoms with Crippen molar-refractivity contribution in [1.82, 2.24) is 5.06 Å². The lowest BCUT2D eigenvalue weighted by atomic mass is 10.3. The molecule has 6 nitrogen and oxygen atoms in total. The standard InChI is InChI=1S/C9H19N2O4P/c1-8(2)11(9(3)4)15-16(12,13)14-7-5-6-10/h8-9H,5,7H2,1-4H3,(H,12,13). The molecule has 1 atom stereocenters. The zero-order valence-corrected chi connectivity index (χ0v) is 11.0. The van der Waals surface area contributed by atoms with Crippen LogP contribution in [0, 0.1) is 11.3 Å². The number of hydrogen-bond acceptors (Lipinski definition) is 5. The van der Waals surface area contributed by atoms with E-state index in [1.807, 2.05) is 33.8 Å². The minimum Gasteiger partial charge on any atom is -0.301 e. The molecule has 1 unspecified atom stereocenters. The normalized spacial score (nSPS) is 15.4. The van der Waals surface area contributed by atoms with Gasteiger partial charge in [0.15, 0.2) is 0 Å². The van der Waals surface area contributed by atoms with Gasteiger partial charge < -0.3 is 4.89 Å². The molecule has 0 aliphatic carbocycles. The van der Waals surface area contributed by atoms with Gasteiger partial charge in [0.1, 0.15) is 0 Å². The second kappa shape index (κ2) is 7.00. The topological polar surface area (TPSA) is 82.8 Å². The summed E-state index contributed by atoms with van der Waals surface area (Å²) >= 11 is 0. The fourth-order valence-corrected chi connectivity index (χ4v) is 2.12. The Bertz CT molecular complexity index is 280. The highest BCUT2D eigenvalue weighted by Crippen LogP contribution is 2.45. The Hall–Kier alpha value is -0.440. The molecule has 0 amide bonds. The molecule has 1 N–H and O–H groups in total. The van der Waals surface area contributed by atoms with Crippen LogP contribution in [0.1, 0.15) is 34.1 Å². The van der Waals surface area contributed by atoms with Gasteiger partial charge >= 0.3 is 7.82 Å². The minimum atomic E-state index is -4.11. The smallest absolute Gasteiger partial charge is 0.301 e. The molecule has 0 heterocycles. The van der Waals surface area contributed by atoms with E-state index in [9.17, 15) is 9.46 Å². The van der Waals surface area contributed by atoms with Gasteiger partial charge in [0, 0.05) is 12.1 Å². The second-order valence-corrected chi connectivity index (χ2v) is 5.20. The van der Waals surface area contributed by atoms with Crippen LogP contribution in [0.3, 0.4) is 0 Å². The Morgan fingerprint density at radius 1 is 1.38 bits per heavy atom. The molecule has 94 valence electrons. The van der Waals surface area contributed by atoms with Crippen molar-refractivity contribution in [3.8, 4) is 6.07 Å². The predicted molar refractivity (Wildman–Crippen MR) is 59.2 cm³/mol. The maximum atomic E-state index is 11.5. The van der Waals surface area contributed by atoms with Crippen molar-refractivity contribution >= 4 is 7.82 Å². The van der Waals surface area contributed by atoms with E-state index in [0.29, 0.717) is 0 Å². The lowest BCUT2D eigenvalue weighted by molar-refractivity contribution is -0.132. The van der Waals surface area contributed by atoms with Crippen molar-refractivity contribution < 1.29 is 18.6 Å². The second-order valence-electron chi connectivity index (χ2n) is 3.84. The summed E-state index contributed by atoms with van der Waals surface area (Å²) in [5.74, 6) is 0. The van der Waals surface area contributed by atoms with Crippen molar-refractivity contribution in [2.45, 2.75) is 46.2 Å². The molecular weight excluding hydrogens is 231 g/mol. The Morgan fingerprint density at radius 3 is 2.25 bits per heavy atom. The molecule has 0 rings (SSSR count). The maximum absolute atomic E-state index is 11.5. The largest absolute Gasteiger partial charge is 0.489 e. The highest BCUT2D eigenvalue weighted by atomic mass is 31.2. The van der Waals surface area contributed by atoms with E-state index >= 15 is 0 Å². The molecule has 7 heteroatoms. The van der Waals surface area contributed by atoms with Gasteiger partial charge in [-0.1, -0.05) is 0 Å². The first-order valence-electron chi connectivity index (χ1n) is 5.12. The number of hydrogen-bond donors (Lipinski definition) is 1. The molecule has 16 heavy (non-hydrogen) atoms. The van der Waals surface area contributed by atoms with E-state index < -0.39 is 7.82 Å². The van der Waals surface area contributed by atoms with Crippen molar-refractivity contribution in [1.29, 1.82) is 5.26 Å². The molecule has 0 fully saturated rings. The first-order chi connectivity index (χ1) is 7.30. The zero-order chi connectivity index (χ0) is 12.8. The summed E-state index contributed by atoms with van der Waals surface area (Å²) < 4.78 is 21.0. The molecule has 0 spiro atoms. The third-order valence-electron chi connectivity index (χ3n) is 1.68. The van der Waals surface area contributed by atoms with Gasteiger partial charge in [0.25, 0.3) is 0 Å². The van der Waals surface area contributed by atoms with Gasteiger partial charge in [-0.2, -0.15) is 14.9 Å². The molecule has 0 radical (unpaired) electrons. The van der Waals surface area contributed by atoms with E-state index in [1.54, 1.807) is 0 Å². The van der Waals surface area contributed by atoms with Gasteiger partial charge in [0.05, 0.1) is 19.1 Å². The van der Waals surface area contributed by atoms with Crippen molar-refractivity contribution in [3.63, 3.8) is 0 Å². The van der Waals surface area contributed by atoms with Crippen LogP contribution in [0.4, 0.5) is 0 Å². The molecule has 0 aliphatic rings. The summed E-state index contributed by atoms with van der Waals surface area (Å²) in [7, 11) is -4.11. The fourth-order valence-electron chi connectivity index (χ4n) is 1.13. The summed E-state index contributed by atoms with van der Waals surface area (Å²) in [4.78, 5) is 9.37. The van der Waals surface area contributed by atoms with Crippen LogP contribution in [0.15, 0.2) is 0 Å². The molecule has 0 aromatic carbocycles. The Labute approximate surface area is 96.3 Å². The van der Waals surface area contributed by atoms with E-state index in [4.69, 9.17) is 9.89 Å². The van der Waals surface area contributed by atoms with Gasteiger partial charge in [-0.05, 0) is 27.7 Å². The SMILES string of the molecule is CC(C)N(OP(=O)(O)OCCC#N)C(C)C. The van der Waals surface area contributed by atoms with Crippen molar-refractivity contribution in [2.75, 3.05) is 6.61 Å². The number of rotatable bonds is 7. The number of phosphoric acid groups is 1. The van der Waals surface area contributed by atoms with E-state index in [2.05, 4.69) is 4.52 Å². The zero-order valence-electron chi connectivity index (χ0n) is 10.1. The van der Waals surface area contributed by atoms with Crippen LogP contribution in [0.25, 0.3) is 0 Å². The summed E-state index contributed by atoms with van der Waals surface area (Å²) in [5.41, 5.74) is 0. The van der Waals surface area contributed by atoms with Gasteiger partial charge in [-0.15, -0.1) is 0 Å². The molecule has 0 saturated carbocycles. The third kappa shape index (κ3) is 6.21. The highest BCUT2D eigenvalue weighted by Gasteiger charge is 2.28. The van der Waals surface area contributed by atoms with Gasteiger partial charge in [0.2, 0.25) is 0 Å². The van der Waals surface area contributed by atoms with Crippen LogP contribution in [-0.2, 0) is 13.7 Å². The number of nitriles is 1. The predicted octanol–water partition coefficient (Wildman–Crippen LogP) is 2.07. The van der Waals surface area contributed by atoms with Crippen LogP contribution in [0.2, 0.25) is 0 Å². The highest BCUT2D eigenvalue weighted by molar-refractivity contribution is 7.47. The molecular formula is C9H19N2O4P. The van der Waals surface area contributed by atoms with Gasteiger partial charge in [-0.25, -0.2) is 4.57 Å². The average molecular weight is 250 g/mol. The third-order valence-corrected chi connectivity index (χ3v) is 2.59. The monoisotopic (exact) mass is 250 g/mol. The minimum absolute atomic E-state index is 0.0416. The summed E-state index contributed by atoms with van der Waals surface area (Å²) in [6, 6.07) is 1.73. The first kappa shape index (κ1) is 15.6. The fraction of sp³-hybridized carbons (Fsp3) is 0.889. The molecule has 0 aromatic heterocycles. The Morgan fingerprint density at radius 2 is 1.88 bits per heavy atom. The summed E-state index contributed by atoms with van der Waals surface area (Å²) in [5, 5.41) is 9.66. The quantitative estimate of drug-likeness (QED) is 0.423. The molecule has 0 bridgehead atoms. The lowest BCUT2D eigenvalue weighted by Crippen LogP contribution is -2.36. The van der Waals surface area contributed by atoms with E-state index in [0.717, 1.165) is 0 Å². The lowest BCUT2D eigenvalue weighted by Gasteiger charge is -2.30. The van der Waals surface area contributed by atoms with E-state index in [-0.39, 0.29) is 25.1 Å². The van der Waals surface area contributed by atoms with Crippen LogP contribution < -0.4 is 0 Å². The Balaban J connectivity index is 4.32. The molecule has 0 saturated heterocycles. The van der Waals surface area contributed by atoms with Crippen molar-refractivity contribution in [3.05, 3.63) is 0 Å². The maximum Gasteiger partial charge on any atom is 0.489 e. The first-order valence-corrected chi connectivity index (χ1v) is 6.62. The Kier molecular flexibility index (Phi) is 6.81. The molecule has 0 aliphatic heterocycles. The van der Waals surface area contributed by atoms with Gasteiger partial charge in [-0.3, -0.25) is 4.52 Å². The van der Waals surface area contributed by atoms with Crippen LogP contribution in [-0.4, -0.2) is 28.6 Å². The van der Waals surface area contributed by atoms with Crippen LogP contribution >= 0.6 is 7.82 Å².